The number of carbonyl (C=O) groups excluding carboxylic acids is 1. The fourth-order valence-corrected chi connectivity index (χ4v) is 3.49. The molecule has 1 fully saturated rings. The van der Waals surface area contributed by atoms with Crippen LogP contribution in [0.4, 0.5) is 17.3 Å². The molecule has 1 saturated heterocycles. The van der Waals surface area contributed by atoms with Gasteiger partial charge < -0.3 is 31.7 Å². The lowest BCUT2D eigenvalue weighted by atomic mass is 9.81. The summed E-state index contributed by atoms with van der Waals surface area (Å²) in [5.74, 6) is 2.61. The molecular formula is C24H34N8O2S. The van der Waals surface area contributed by atoms with E-state index in [-0.39, 0.29) is 11.3 Å². The second-order valence-electron chi connectivity index (χ2n) is 8.36. The molecule has 10 nitrogen and oxygen atoms in total. The minimum Gasteiger partial charge on any atom is -0.455 e. The third kappa shape index (κ3) is 8.85. The van der Waals surface area contributed by atoms with Crippen LogP contribution < -0.4 is 31.7 Å². The van der Waals surface area contributed by atoms with E-state index < -0.39 is 0 Å². The normalized spacial score (nSPS) is 15.7. The van der Waals surface area contributed by atoms with Gasteiger partial charge in [0.05, 0.1) is 17.4 Å². The Morgan fingerprint density at radius 2 is 2.03 bits per heavy atom. The number of pyridine rings is 2. The topological polar surface area (TPSA) is 139 Å². The molecule has 0 atom stereocenters. The van der Waals surface area contributed by atoms with E-state index in [0.29, 0.717) is 23.2 Å². The van der Waals surface area contributed by atoms with Gasteiger partial charge in [0.1, 0.15) is 29.0 Å². The van der Waals surface area contributed by atoms with E-state index in [1.54, 1.807) is 31.6 Å². The molecule has 35 heavy (non-hydrogen) atoms. The number of aliphatic imine (C=N–C) groups is 1. The van der Waals surface area contributed by atoms with Crippen LogP contribution in [0.1, 0.15) is 33.6 Å². The van der Waals surface area contributed by atoms with Gasteiger partial charge in [-0.15, -0.1) is 0 Å². The summed E-state index contributed by atoms with van der Waals surface area (Å²) in [5.41, 5.74) is 9.11. The Labute approximate surface area is 211 Å². The van der Waals surface area contributed by atoms with E-state index >= 15 is 0 Å². The summed E-state index contributed by atoms with van der Waals surface area (Å²) in [6, 6.07) is 5.18. The number of nitrogens with one attached hydrogen (secondary N) is 4. The molecule has 3 rings (SSSR count). The Balaban J connectivity index is 0.000000269. The van der Waals surface area contributed by atoms with E-state index in [1.165, 1.54) is 25.3 Å². The predicted molar refractivity (Wildman–Crippen MR) is 146 cm³/mol. The highest BCUT2D eigenvalue weighted by Crippen LogP contribution is 2.32. The lowest BCUT2D eigenvalue weighted by molar-refractivity contribution is -0.114. The van der Waals surface area contributed by atoms with Crippen molar-refractivity contribution in [2.24, 2.45) is 16.1 Å². The number of nitrogens with two attached hydrogens (primary N) is 1. The van der Waals surface area contributed by atoms with Crippen molar-refractivity contribution in [2.75, 3.05) is 36.6 Å². The van der Waals surface area contributed by atoms with Crippen molar-refractivity contribution in [3.05, 3.63) is 42.4 Å². The van der Waals surface area contributed by atoms with Gasteiger partial charge in [-0.1, -0.05) is 26.1 Å². The summed E-state index contributed by atoms with van der Waals surface area (Å²) in [6.07, 6.45) is 7.44. The number of carbonyl (C=O) groups is 1. The molecular weight excluding hydrogens is 464 g/mol. The van der Waals surface area contributed by atoms with Crippen molar-refractivity contribution in [3.8, 4) is 11.5 Å². The number of ether oxygens (including phenoxy) is 1. The highest BCUT2D eigenvalue weighted by molar-refractivity contribution is 7.78. The van der Waals surface area contributed by atoms with Gasteiger partial charge in [0.2, 0.25) is 5.91 Å². The summed E-state index contributed by atoms with van der Waals surface area (Å²) in [4.78, 5) is 23.2. The van der Waals surface area contributed by atoms with Crippen LogP contribution in [-0.4, -0.2) is 47.8 Å². The maximum atomic E-state index is 11.0. The molecule has 6 N–H and O–H groups in total. The van der Waals surface area contributed by atoms with Crippen LogP contribution in [-0.2, 0) is 4.79 Å². The molecule has 0 aromatic carbocycles. The molecule has 1 aliphatic rings. The quantitative estimate of drug-likeness (QED) is 0.218. The minimum absolute atomic E-state index is 0.167. The van der Waals surface area contributed by atoms with Crippen molar-refractivity contribution in [1.29, 1.82) is 0 Å². The number of nitrogens with zero attached hydrogens (tertiary/aromatic N) is 3. The summed E-state index contributed by atoms with van der Waals surface area (Å²) in [7, 11) is 3.61. The van der Waals surface area contributed by atoms with Crippen LogP contribution in [0.2, 0.25) is 0 Å². The lowest BCUT2D eigenvalue weighted by Gasteiger charge is -2.33. The van der Waals surface area contributed by atoms with Crippen LogP contribution in [0, 0.1) is 5.41 Å². The number of thiocarbonyl (C=S) groups is 1. The van der Waals surface area contributed by atoms with E-state index in [2.05, 4.69) is 62.3 Å². The van der Waals surface area contributed by atoms with Gasteiger partial charge >= 0.3 is 0 Å². The Kier molecular flexibility index (Phi) is 10.4. The zero-order chi connectivity index (χ0) is 25.8. The smallest absolute Gasteiger partial charge is 0.222 e. The van der Waals surface area contributed by atoms with E-state index in [9.17, 15) is 4.79 Å². The molecule has 188 valence electrons. The molecule has 3 heterocycles. The molecule has 0 aliphatic carbocycles. The van der Waals surface area contributed by atoms with Crippen molar-refractivity contribution >= 4 is 46.8 Å². The summed E-state index contributed by atoms with van der Waals surface area (Å²) in [5, 5.41) is 12.0. The molecule has 0 radical (unpaired) electrons. The number of amidine groups is 1. The van der Waals surface area contributed by atoms with Crippen molar-refractivity contribution in [2.45, 2.75) is 33.6 Å². The molecule has 11 heteroatoms. The number of amides is 1. The Morgan fingerprint density at radius 3 is 2.66 bits per heavy atom. The Bertz CT molecular complexity index is 1080. The van der Waals surface area contributed by atoms with Crippen molar-refractivity contribution < 1.29 is 9.53 Å². The first-order valence-corrected chi connectivity index (χ1v) is 11.7. The SMILES string of the molecule is CC1(C)CCCN/C1=C\C(N)=NC=S.CNc1cc(Oc2ccnc(NC(C)=O)c2)cnc1NC. The standard InChI is InChI=1S/C14H17N5O2.C10H17N3S/c1-9(20)19-13-7-10(4-5-17-13)21-11-6-12(15-2)14(16-3)18-8-11;1-10(2)4-3-5-12-8(10)6-9(11)13-7-14/h4-8,15H,1-3H3,(H,16,18)(H,17,19,20);6-7,12H,3-5H2,1-2H3,(H2,11,13,14)/b;8-6-. The largest absolute Gasteiger partial charge is 0.455 e. The maximum absolute atomic E-state index is 11.0. The second kappa shape index (κ2) is 13.2. The first-order chi connectivity index (χ1) is 16.7. The van der Waals surface area contributed by atoms with E-state index in [1.807, 2.05) is 19.2 Å². The van der Waals surface area contributed by atoms with Crippen LogP contribution in [0.15, 0.2) is 47.4 Å². The number of hydrogen-bond acceptors (Lipinski definition) is 8. The number of piperidine rings is 1. The lowest BCUT2D eigenvalue weighted by Crippen LogP contribution is -2.34. The number of hydrogen-bond donors (Lipinski definition) is 5. The molecule has 0 unspecified atom stereocenters. The Morgan fingerprint density at radius 1 is 1.26 bits per heavy atom. The molecule has 0 bridgehead atoms. The van der Waals surface area contributed by atoms with Crippen LogP contribution in [0.25, 0.3) is 0 Å². The zero-order valence-electron chi connectivity index (χ0n) is 20.8. The average Bonchev–Trinajstić information content (AvgIpc) is 2.81. The fourth-order valence-electron chi connectivity index (χ4n) is 3.37. The summed E-state index contributed by atoms with van der Waals surface area (Å²) >= 11 is 4.61. The summed E-state index contributed by atoms with van der Waals surface area (Å²) < 4.78 is 5.72. The molecule has 0 saturated carbocycles. The van der Waals surface area contributed by atoms with Gasteiger partial charge in [0.15, 0.2) is 0 Å². The average molecular weight is 499 g/mol. The molecule has 1 amide bonds. The zero-order valence-corrected chi connectivity index (χ0v) is 21.6. The maximum Gasteiger partial charge on any atom is 0.222 e. The molecule has 0 spiro atoms. The Hall–Kier alpha value is -3.73. The number of anilines is 3. The van der Waals surface area contributed by atoms with E-state index in [4.69, 9.17) is 10.5 Å². The minimum atomic E-state index is -0.183. The monoisotopic (exact) mass is 498 g/mol. The summed E-state index contributed by atoms with van der Waals surface area (Å²) in [6.45, 7) is 6.85. The van der Waals surface area contributed by atoms with Crippen molar-refractivity contribution in [1.82, 2.24) is 15.3 Å². The van der Waals surface area contributed by atoms with E-state index in [0.717, 1.165) is 23.7 Å². The van der Waals surface area contributed by atoms with Gasteiger partial charge in [0.25, 0.3) is 0 Å². The number of allylic oxidation sites excluding steroid dienone is 1. The third-order valence-corrected chi connectivity index (χ3v) is 5.26. The first kappa shape index (κ1) is 27.5. The van der Waals surface area contributed by atoms with Gasteiger partial charge in [-0.05, 0) is 25.0 Å². The number of aromatic nitrogens is 2. The van der Waals surface area contributed by atoms with Crippen LogP contribution >= 0.6 is 12.2 Å². The molecule has 1 aliphatic heterocycles. The predicted octanol–water partition coefficient (Wildman–Crippen LogP) is 3.91. The molecule has 2 aromatic rings. The second-order valence-corrected chi connectivity index (χ2v) is 8.57. The van der Waals surface area contributed by atoms with Gasteiger partial charge in [-0.2, -0.15) is 0 Å². The highest BCUT2D eigenvalue weighted by atomic mass is 32.1. The first-order valence-electron chi connectivity index (χ1n) is 11.2. The fraction of sp³-hybridized carbons (Fsp3) is 0.375. The molecule has 2 aromatic heterocycles. The van der Waals surface area contributed by atoms with Crippen LogP contribution in [0.5, 0.6) is 11.5 Å². The van der Waals surface area contributed by atoms with Gasteiger partial charge in [-0.3, -0.25) is 4.79 Å². The van der Waals surface area contributed by atoms with Gasteiger partial charge in [0, 0.05) is 57.0 Å². The van der Waals surface area contributed by atoms with Gasteiger partial charge in [-0.25, -0.2) is 15.0 Å². The number of rotatable bonds is 7. The highest BCUT2D eigenvalue weighted by Gasteiger charge is 2.26. The van der Waals surface area contributed by atoms with Crippen LogP contribution in [0.3, 0.4) is 0 Å². The third-order valence-electron chi connectivity index (χ3n) is 5.16. The van der Waals surface area contributed by atoms with Crippen molar-refractivity contribution in [3.63, 3.8) is 0 Å².